The van der Waals surface area contributed by atoms with E-state index in [-0.39, 0.29) is 11.8 Å². The van der Waals surface area contributed by atoms with Gasteiger partial charge in [-0.25, -0.2) is 4.98 Å². The van der Waals surface area contributed by atoms with Crippen LogP contribution in [0.4, 0.5) is 13.2 Å². The first-order chi connectivity index (χ1) is 16.6. The van der Waals surface area contributed by atoms with Crippen molar-refractivity contribution in [3.05, 3.63) is 59.7 Å². The van der Waals surface area contributed by atoms with Gasteiger partial charge in [0.15, 0.2) is 0 Å². The van der Waals surface area contributed by atoms with Crippen molar-refractivity contribution >= 4 is 28.4 Å². The van der Waals surface area contributed by atoms with Crippen LogP contribution in [0.15, 0.2) is 48.6 Å². The fourth-order valence-corrected chi connectivity index (χ4v) is 3.63. The van der Waals surface area contributed by atoms with Crippen molar-refractivity contribution in [1.29, 1.82) is 0 Å². The van der Waals surface area contributed by atoms with E-state index in [1.54, 1.807) is 39.2 Å². The van der Waals surface area contributed by atoms with Crippen molar-refractivity contribution in [2.24, 2.45) is 5.92 Å². The molecule has 188 valence electrons. The number of carbonyl (C=O) groups is 2. The second-order valence-electron chi connectivity index (χ2n) is 8.51. The quantitative estimate of drug-likeness (QED) is 0.347. The van der Waals surface area contributed by atoms with Crippen LogP contribution in [-0.4, -0.2) is 47.1 Å². The van der Waals surface area contributed by atoms with Gasteiger partial charge in [-0.3, -0.25) is 9.59 Å². The molecule has 0 radical (unpaired) electrons. The number of fused-ring (bicyclic) bond motifs is 1. The van der Waals surface area contributed by atoms with Crippen LogP contribution in [0.25, 0.3) is 16.6 Å². The molecule has 0 aliphatic carbocycles. The normalized spacial score (nSPS) is 14.9. The minimum atomic E-state index is -4.48. The third-order valence-corrected chi connectivity index (χ3v) is 5.33. The number of rotatable bonds is 9. The molecule has 2 aromatic heterocycles. The number of H-pyrrole nitrogens is 1. The molecular weight excluding hydrogens is 461 g/mol. The maximum atomic E-state index is 12.5. The van der Waals surface area contributed by atoms with E-state index in [1.165, 1.54) is 6.08 Å². The van der Waals surface area contributed by atoms with Gasteiger partial charge < -0.3 is 26.3 Å². The Kier molecular flexibility index (Phi) is 8.21. The first kappa shape index (κ1) is 25.9. The van der Waals surface area contributed by atoms with E-state index >= 15 is 0 Å². The number of alkyl halides is 3. The Morgan fingerprint density at radius 2 is 2.03 bits per heavy atom. The zero-order valence-corrected chi connectivity index (χ0v) is 19.7. The zero-order valence-electron chi connectivity index (χ0n) is 19.7. The molecule has 2 amide bonds. The lowest BCUT2D eigenvalue weighted by Crippen LogP contribution is -2.49. The summed E-state index contributed by atoms with van der Waals surface area (Å²) in [7, 11) is 0. The molecule has 1 atom stereocenters. The molecule has 8 nitrogen and oxygen atoms in total. The average Bonchev–Trinajstić information content (AvgIpc) is 3.23. The second-order valence-corrected chi connectivity index (χ2v) is 8.51. The van der Waals surface area contributed by atoms with Crippen molar-refractivity contribution in [3.63, 3.8) is 0 Å². The van der Waals surface area contributed by atoms with E-state index < -0.39 is 24.7 Å². The van der Waals surface area contributed by atoms with Gasteiger partial charge in [0.05, 0.1) is 5.70 Å². The minimum absolute atomic E-state index is 0.194. The topological polar surface area (TPSA) is 111 Å². The molecule has 0 bridgehead atoms. The average molecular weight is 491 g/mol. The van der Waals surface area contributed by atoms with E-state index in [0.717, 1.165) is 22.1 Å². The Labute approximate surface area is 201 Å². The van der Waals surface area contributed by atoms with Crippen LogP contribution >= 0.6 is 0 Å². The van der Waals surface area contributed by atoms with Crippen LogP contribution in [0.1, 0.15) is 31.9 Å². The van der Waals surface area contributed by atoms with E-state index in [4.69, 9.17) is 0 Å². The Hall–Kier alpha value is -3.76. The van der Waals surface area contributed by atoms with Gasteiger partial charge in [-0.1, -0.05) is 19.9 Å². The lowest BCUT2D eigenvalue weighted by atomic mass is 10.00. The first-order valence-electron chi connectivity index (χ1n) is 11.2. The van der Waals surface area contributed by atoms with Gasteiger partial charge in [0, 0.05) is 42.6 Å². The van der Waals surface area contributed by atoms with Gasteiger partial charge in [0.1, 0.15) is 18.2 Å². The molecule has 0 saturated carbocycles. The first-order valence-corrected chi connectivity index (χ1v) is 11.2. The van der Waals surface area contributed by atoms with Gasteiger partial charge in [0.25, 0.3) is 0 Å². The maximum Gasteiger partial charge on any atom is 0.405 e. The summed E-state index contributed by atoms with van der Waals surface area (Å²) < 4.78 is 37.6. The van der Waals surface area contributed by atoms with Gasteiger partial charge in [-0.05, 0) is 42.2 Å². The highest BCUT2D eigenvalue weighted by molar-refractivity contribution is 5.92. The van der Waals surface area contributed by atoms with Crippen LogP contribution < -0.4 is 21.3 Å². The number of pyridine rings is 1. The largest absolute Gasteiger partial charge is 0.405 e. The van der Waals surface area contributed by atoms with Crippen molar-refractivity contribution in [3.8, 4) is 0 Å². The predicted octanol–water partition coefficient (Wildman–Crippen LogP) is 2.88. The molecule has 0 saturated heterocycles. The van der Waals surface area contributed by atoms with E-state index in [2.05, 4.69) is 25.9 Å². The number of aromatic nitrogens is 2. The summed E-state index contributed by atoms with van der Waals surface area (Å²) in [6.07, 6.45) is 5.68. The number of nitrogens with zero attached hydrogens (tertiary/aromatic N) is 1. The fourth-order valence-electron chi connectivity index (χ4n) is 3.63. The molecule has 0 fully saturated rings. The van der Waals surface area contributed by atoms with Crippen LogP contribution in [0.3, 0.4) is 0 Å². The van der Waals surface area contributed by atoms with Gasteiger partial charge >= 0.3 is 6.18 Å². The monoisotopic (exact) mass is 490 g/mol. The van der Waals surface area contributed by atoms with E-state index in [9.17, 15) is 22.8 Å². The third kappa shape index (κ3) is 7.11. The summed E-state index contributed by atoms with van der Waals surface area (Å²) in [5, 5.41) is 11.8. The summed E-state index contributed by atoms with van der Waals surface area (Å²) in [5.41, 5.74) is 3.87. The number of halogens is 3. The summed E-state index contributed by atoms with van der Waals surface area (Å²) in [5.74, 6) is -1.17. The molecule has 5 N–H and O–H groups in total. The number of carbonyl (C=O) groups excluding carboxylic acids is 2. The fraction of sp³-hybridized carbons (Fsp3) is 0.375. The SMILES string of the molecule is C/C=C/C(=O)NCc1cnc2[nH]cc(C3=CC(NC(C(=O)NCC(F)(F)F)C(C)C)=CNC3)c2c1. The molecule has 1 aliphatic rings. The number of nitrogens with one attached hydrogen (secondary N) is 5. The van der Waals surface area contributed by atoms with Gasteiger partial charge in [-0.15, -0.1) is 0 Å². The van der Waals surface area contributed by atoms with Gasteiger partial charge in [-0.2, -0.15) is 13.2 Å². The molecular formula is C24H29F3N6O2. The Morgan fingerprint density at radius 3 is 2.71 bits per heavy atom. The molecule has 0 aromatic carbocycles. The Bertz CT molecular complexity index is 1160. The highest BCUT2D eigenvalue weighted by Gasteiger charge is 2.31. The smallest absolute Gasteiger partial charge is 0.385 e. The number of dihydropyridines is 1. The molecule has 2 aromatic rings. The van der Waals surface area contributed by atoms with Crippen molar-refractivity contribution in [2.45, 2.75) is 39.5 Å². The van der Waals surface area contributed by atoms with E-state index in [1.807, 2.05) is 23.7 Å². The van der Waals surface area contributed by atoms with Crippen molar-refractivity contribution in [2.75, 3.05) is 13.1 Å². The summed E-state index contributed by atoms with van der Waals surface area (Å²) in [6.45, 7) is 4.73. The van der Waals surface area contributed by atoms with Crippen LogP contribution in [0.2, 0.25) is 0 Å². The number of hydrogen-bond donors (Lipinski definition) is 5. The van der Waals surface area contributed by atoms with E-state index in [0.29, 0.717) is 24.4 Å². The van der Waals surface area contributed by atoms with Crippen LogP contribution in [0, 0.1) is 5.92 Å². The van der Waals surface area contributed by atoms with Crippen LogP contribution in [-0.2, 0) is 16.1 Å². The maximum absolute atomic E-state index is 12.5. The second kappa shape index (κ2) is 11.1. The molecule has 1 aliphatic heterocycles. The minimum Gasteiger partial charge on any atom is -0.385 e. The zero-order chi connectivity index (χ0) is 25.6. The Balaban J connectivity index is 1.78. The predicted molar refractivity (Wildman–Crippen MR) is 128 cm³/mol. The number of aromatic amines is 1. The Morgan fingerprint density at radius 1 is 1.26 bits per heavy atom. The number of amides is 2. The third-order valence-electron chi connectivity index (χ3n) is 5.33. The summed E-state index contributed by atoms with van der Waals surface area (Å²) >= 11 is 0. The summed E-state index contributed by atoms with van der Waals surface area (Å²) in [6, 6.07) is 1.09. The number of hydrogen-bond acceptors (Lipinski definition) is 5. The summed E-state index contributed by atoms with van der Waals surface area (Å²) in [4.78, 5) is 31.7. The van der Waals surface area contributed by atoms with Crippen molar-refractivity contribution < 1.29 is 22.8 Å². The van der Waals surface area contributed by atoms with Crippen molar-refractivity contribution in [1.82, 2.24) is 31.2 Å². The molecule has 0 spiro atoms. The van der Waals surface area contributed by atoms with Gasteiger partial charge in [0.2, 0.25) is 11.8 Å². The highest BCUT2D eigenvalue weighted by Crippen LogP contribution is 2.27. The molecule has 35 heavy (non-hydrogen) atoms. The molecule has 1 unspecified atom stereocenters. The van der Waals surface area contributed by atoms with Crippen LogP contribution in [0.5, 0.6) is 0 Å². The lowest BCUT2D eigenvalue weighted by molar-refractivity contribution is -0.140. The highest BCUT2D eigenvalue weighted by atomic mass is 19.4. The standard InChI is InChI=1S/C24H29F3N6O2/c1-4-5-20(34)29-8-15-6-18-19(12-31-22(18)30-9-15)16-7-17(11-28-10-16)33-21(14(2)3)23(35)32-13-24(25,26)27/h4-7,9,11-12,14,21,28,33H,8,10,13H2,1-3H3,(H,29,34)(H,30,31)(H,32,35)/b5-4+. The number of allylic oxidation sites excluding steroid dienone is 2. The molecule has 3 heterocycles. The molecule has 11 heteroatoms. The lowest BCUT2D eigenvalue weighted by Gasteiger charge is -2.25. The molecule has 3 rings (SSSR count).